The number of rotatable bonds is 4. The summed E-state index contributed by atoms with van der Waals surface area (Å²) in [5.74, 6) is 0. The number of thiophene rings is 1. The van der Waals surface area contributed by atoms with Crippen LogP contribution < -0.4 is 0 Å². The second-order valence-corrected chi connectivity index (χ2v) is 14.5. The Morgan fingerprint density at radius 3 is 1.94 bits per heavy atom. The van der Waals surface area contributed by atoms with Crippen molar-refractivity contribution < 1.29 is 4.42 Å². The second kappa shape index (κ2) is 11.5. The van der Waals surface area contributed by atoms with E-state index in [1.807, 2.05) is 17.4 Å². The van der Waals surface area contributed by atoms with E-state index in [2.05, 4.69) is 170 Å². The third-order valence-electron chi connectivity index (χ3n) is 10.5. The van der Waals surface area contributed by atoms with Crippen molar-refractivity contribution >= 4 is 75.1 Å². The zero-order valence-electron chi connectivity index (χ0n) is 28.0. The van der Waals surface area contributed by atoms with E-state index in [0.717, 1.165) is 55.0 Å². The third kappa shape index (κ3) is 4.46. The predicted octanol–water partition coefficient (Wildman–Crippen LogP) is 14.3. The highest BCUT2D eigenvalue weighted by Gasteiger charge is 2.21. The fourth-order valence-corrected chi connectivity index (χ4v) is 9.26. The smallest absolute Gasteiger partial charge is 0.136 e. The monoisotopic (exact) mass is 679 g/mol. The van der Waals surface area contributed by atoms with Crippen LogP contribution >= 0.6 is 11.3 Å². The van der Waals surface area contributed by atoms with Crippen molar-refractivity contribution in [2.75, 3.05) is 0 Å². The summed E-state index contributed by atoms with van der Waals surface area (Å²) < 4.78 is 9.21. The van der Waals surface area contributed by atoms with Gasteiger partial charge in [0.05, 0.1) is 11.2 Å². The summed E-state index contributed by atoms with van der Waals surface area (Å²) in [7, 11) is 0. The lowest BCUT2D eigenvalue weighted by Gasteiger charge is -2.16. The molecular weight excluding hydrogens is 651 g/mol. The van der Waals surface area contributed by atoms with E-state index in [1.54, 1.807) is 0 Å². The molecule has 0 aliphatic rings. The molecule has 2 nitrogen and oxygen atoms in total. The first-order valence-corrected chi connectivity index (χ1v) is 18.4. The van der Waals surface area contributed by atoms with Gasteiger partial charge in [-0.25, -0.2) is 4.98 Å². The van der Waals surface area contributed by atoms with E-state index in [0.29, 0.717) is 0 Å². The Morgan fingerprint density at radius 2 is 1.06 bits per heavy atom. The van der Waals surface area contributed by atoms with Crippen LogP contribution in [0.2, 0.25) is 0 Å². The van der Waals surface area contributed by atoms with Gasteiger partial charge in [0, 0.05) is 58.2 Å². The highest BCUT2D eigenvalue weighted by Crippen LogP contribution is 2.46. The maximum atomic E-state index is 6.57. The van der Waals surface area contributed by atoms with Crippen molar-refractivity contribution in [3.63, 3.8) is 0 Å². The summed E-state index contributed by atoms with van der Waals surface area (Å²) in [5.41, 5.74) is 11.9. The molecule has 0 saturated carbocycles. The van der Waals surface area contributed by atoms with Crippen LogP contribution in [0.1, 0.15) is 0 Å². The maximum absolute atomic E-state index is 6.57. The molecule has 0 aliphatic heterocycles. The van der Waals surface area contributed by atoms with E-state index in [9.17, 15) is 0 Å². The third-order valence-corrected chi connectivity index (χ3v) is 11.6. The molecule has 3 heterocycles. The van der Waals surface area contributed by atoms with Gasteiger partial charge in [-0.1, -0.05) is 140 Å². The minimum Gasteiger partial charge on any atom is -0.456 e. The summed E-state index contributed by atoms with van der Waals surface area (Å²) >= 11 is 1.86. The average Bonchev–Trinajstić information content (AvgIpc) is 3.78. The zero-order valence-corrected chi connectivity index (χ0v) is 28.8. The summed E-state index contributed by atoms with van der Waals surface area (Å²) in [5, 5.41) is 8.31. The zero-order chi connectivity index (χ0) is 34.2. The quantitative estimate of drug-likeness (QED) is 0.173. The van der Waals surface area contributed by atoms with Crippen LogP contribution in [0.25, 0.3) is 108 Å². The number of hydrogen-bond acceptors (Lipinski definition) is 3. The van der Waals surface area contributed by atoms with Crippen molar-refractivity contribution in [3.05, 3.63) is 176 Å². The standard InChI is InChI=1S/C49H29NOS/c1-2-12-31(13-3-1)45-47-36-16-4-7-20-40(36)50-49(39(47)29-42-48(45)37-17-5-8-21-41(37)51-42)32-26-24-30(25-27-32)33-14-10-15-34(28-33)35-19-11-23-44-46(35)38-18-6-9-22-43(38)52-44/h1-29H. The van der Waals surface area contributed by atoms with Gasteiger partial charge in [-0.15, -0.1) is 11.3 Å². The Balaban J connectivity index is 1.10. The number of pyridine rings is 1. The number of nitrogens with zero attached hydrogens (tertiary/aromatic N) is 1. The molecule has 11 aromatic rings. The van der Waals surface area contributed by atoms with Crippen LogP contribution in [0.5, 0.6) is 0 Å². The van der Waals surface area contributed by atoms with Gasteiger partial charge in [0.1, 0.15) is 11.2 Å². The Hall–Kier alpha value is -6.55. The lowest BCUT2D eigenvalue weighted by atomic mass is 9.89. The highest BCUT2D eigenvalue weighted by molar-refractivity contribution is 7.25. The fourth-order valence-electron chi connectivity index (χ4n) is 8.13. The summed E-state index contributed by atoms with van der Waals surface area (Å²) in [6.45, 7) is 0. The molecule has 8 aromatic carbocycles. The molecule has 0 spiro atoms. The van der Waals surface area contributed by atoms with Gasteiger partial charge in [0.2, 0.25) is 0 Å². The predicted molar refractivity (Wildman–Crippen MR) is 221 cm³/mol. The Morgan fingerprint density at radius 1 is 0.385 bits per heavy atom. The van der Waals surface area contributed by atoms with Crippen molar-refractivity contribution in [2.24, 2.45) is 0 Å². The molecule has 0 bridgehead atoms. The number of para-hydroxylation sites is 2. The molecule has 0 radical (unpaired) electrons. The van der Waals surface area contributed by atoms with Crippen molar-refractivity contribution in [1.82, 2.24) is 4.98 Å². The van der Waals surface area contributed by atoms with E-state index in [-0.39, 0.29) is 0 Å². The van der Waals surface area contributed by atoms with Crippen LogP contribution in [0.3, 0.4) is 0 Å². The Kier molecular flexibility index (Phi) is 6.46. The van der Waals surface area contributed by atoms with Gasteiger partial charge < -0.3 is 4.42 Å². The second-order valence-electron chi connectivity index (χ2n) is 13.4. The lowest BCUT2D eigenvalue weighted by Crippen LogP contribution is -1.93. The summed E-state index contributed by atoms with van der Waals surface area (Å²) in [6.07, 6.45) is 0. The average molecular weight is 680 g/mol. The Labute approximate surface area is 303 Å². The topological polar surface area (TPSA) is 26.0 Å². The number of hydrogen-bond donors (Lipinski definition) is 0. The molecule has 11 rings (SSSR count). The number of aromatic nitrogens is 1. The molecule has 0 saturated heterocycles. The summed E-state index contributed by atoms with van der Waals surface area (Å²) in [4.78, 5) is 5.33. The van der Waals surface area contributed by atoms with E-state index in [4.69, 9.17) is 9.40 Å². The first-order chi connectivity index (χ1) is 25.8. The molecule has 0 N–H and O–H groups in total. The molecule has 52 heavy (non-hydrogen) atoms. The van der Waals surface area contributed by atoms with E-state index >= 15 is 0 Å². The Bertz CT molecular complexity index is 3170. The lowest BCUT2D eigenvalue weighted by molar-refractivity contribution is 0.669. The SMILES string of the molecule is c1ccc(-c2c3c(cc4c(-c5ccc(-c6cccc(-c7cccc8sc9ccccc9c78)c6)cc5)nc5ccccc5c24)oc2ccccc23)cc1. The molecular formula is C49H29NOS. The number of fused-ring (bicyclic) bond motifs is 9. The van der Waals surface area contributed by atoms with Gasteiger partial charge in [0.25, 0.3) is 0 Å². The molecule has 0 unspecified atom stereocenters. The first kappa shape index (κ1) is 29.2. The normalized spacial score (nSPS) is 11.8. The van der Waals surface area contributed by atoms with E-state index < -0.39 is 0 Å². The molecule has 3 heteroatoms. The van der Waals surface area contributed by atoms with Gasteiger partial charge in [-0.3, -0.25) is 0 Å². The molecule has 0 atom stereocenters. The van der Waals surface area contributed by atoms with Gasteiger partial charge in [-0.05, 0) is 64.2 Å². The van der Waals surface area contributed by atoms with Crippen LogP contribution in [-0.4, -0.2) is 4.98 Å². The number of benzene rings is 8. The fraction of sp³-hybridized carbons (Fsp3) is 0. The summed E-state index contributed by atoms with van der Waals surface area (Å²) in [6, 6.07) is 63.0. The highest BCUT2D eigenvalue weighted by atomic mass is 32.1. The van der Waals surface area contributed by atoms with Crippen LogP contribution in [-0.2, 0) is 0 Å². The van der Waals surface area contributed by atoms with E-state index in [1.165, 1.54) is 53.4 Å². The molecule has 242 valence electrons. The van der Waals surface area contributed by atoms with Gasteiger partial charge in [-0.2, -0.15) is 0 Å². The minimum atomic E-state index is 0.868. The van der Waals surface area contributed by atoms with Crippen LogP contribution in [0.15, 0.2) is 180 Å². The maximum Gasteiger partial charge on any atom is 0.136 e. The van der Waals surface area contributed by atoms with Crippen molar-refractivity contribution in [1.29, 1.82) is 0 Å². The largest absolute Gasteiger partial charge is 0.456 e. The molecule has 0 amide bonds. The van der Waals surface area contributed by atoms with Gasteiger partial charge in [0.15, 0.2) is 0 Å². The first-order valence-electron chi connectivity index (χ1n) is 17.6. The molecule has 3 aromatic heterocycles. The van der Waals surface area contributed by atoms with Crippen molar-refractivity contribution in [2.45, 2.75) is 0 Å². The number of furan rings is 1. The van der Waals surface area contributed by atoms with Gasteiger partial charge >= 0.3 is 0 Å². The van der Waals surface area contributed by atoms with Crippen LogP contribution in [0, 0.1) is 0 Å². The minimum absolute atomic E-state index is 0.868. The molecule has 0 fully saturated rings. The van der Waals surface area contributed by atoms with Crippen LogP contribution in [0.4, 0.5) is 0 Å². The van der Waals surface area contributed by atoms with Crippen molar-refractivity contribution in [3.8, 4) is 44.6 Å². The molecule has 0 aliphatic carbocycles.